The van der Waals surface area contributed by atoms with Crippen molar-refractivity contribution in [3.8, 4) is 0 Å². The van der Waals surface area contributed by atoms with Crippen LogP contribution in [0.1, 0.15) is 50.5 Å². The van der Waals surface area contributed by atoms with E-state index in [2.05, 4.69) is 33.9 Å². The van der Waals surface area contributed by atoms with E-state index in [0.717, 1.165) is 43.2 Å². The van der Waals surface area contributed by atoms with Crippen molar-refractivity contribution in [1.82, 2.24) is 20.0 Å². The van der Waals surface area contributed by atoms with Gasteiger partial charge in [-0.05, 0) is 12.8 Å². The summed E-state index contributed by atoms with van der Waals surface area (Å²) < 4.78 is 11.6. The molecule has 1 amide bonds. The minimum Gasteiger partial charge on any atom is -0.372 e. The Labute approximate surface area is 164 Å². The van der Waals surface area contributed by atoms with E-state index < -0.39 is 0 Å². The Bertz CT molecular complexity index is 799. The van der Waals surface area contributed by atoms with Gasteiger partial charge in [0.1, 0.15) is 17.3 Å². The summed E-state index contributed by atoms with van der Waals surface area (Å²) in [5.41, 5.74) is 0.419. The molecule has 4 heterocycles. The number of aromatic nitrogens is 3. The molecule has 0 aliphatic carbocycles. The first kappa shape index (κ1) is 18.9. The molecule has 2 aliphatic heterocycles. The van der Waals surface area contributed by atoms with Crippen LogP contribution in [0, 0.1) is 0 Å². The molecular formula is C20H27N5O3. The van der Waals surface area contributed by atoms with E-state index in [1.807, 2.05) is 11.0 Å². The molecule has 2 aromatic rings. The zero-order chi connectivity index (χ0) is 19.6. The molecule has 4 rings (SSSR count). The van der Waals surface area contributed by atoms with E-state index in [9.17, 15) is 4.79 Å². The van der Waals surface area contributed by atoms with Crippen LogP contribution in [0.4, 0.5) is 5.82 Å². The number of amides is 1. The molecule has 28 heavy (non-hydrogen) atoms. The predicted octanol–water partition coefficient (Wildman–Crippen LogP) is 2.38. The van der Waals surface area contributed by atoms with Crippen molar-refractivity contribution in [2.45, 2.75) is 51.2 Å². The van der Waals surface area contributed by atoms with Crippen LogP contribution < -0.4 is 4.90 Å². The van der Waals surface area contributed by atoms with Crippen LogP contribution in [0.15, 0.2) is 29.2 Å². The summed E-state index contributed by atoms with van der Waals surface area (Å²) in [6.45, 7) is 7.35. The first-order valence-electron chi connectivity index (χ1n) is 9.93. The zero-order valence-electron chi connectivity index (χ0n) is 16.5. The molecule has 1 spiro atoms. The van der Waals surface area contributed by atoms with Crippen molar-refractivity contribution < 1.29 is 14.1 Å². The highest BCUT2D eigenvalue weighted by atomic mass is 16.5. The van der Waals surface area contributed by atoms with Crippen molar-refractivity contribution in [1.29, 1.82) is 0 Å². The molecule has 0 unspecified atom stereocenters. The van der Waals surface area contributed by atoms with Gasteiger partial charge in [-0.15, -0.1) is 0 Å². The lowest BCUT2D eigenvalue weighted by molar-refractivity contribution is -0.134. The van der Waals surface area contributed by atoms with Crippen LogP contribution in [-0.2, 0) is 16.1 Å². The summed E-state index contributed by atoms with van der Waals surface area (Å²) in [6, 6.07) is 1.94. The largest absolute Gasteiger partial charge is 0.372 e. The molecule has 2 saturated heterocycles. The fraction of sp³-hybridized carbons (Fsp3) is 0.600. The Balaban J connectivity index is 1.37. The number of hydrogen-bond donors (Lipinski definition) is 0. The van der Waals surface area contributed by atoms with Crippen molar-refractivity contribution in [3.05, 3.63) is 36.1 Å². The van der Waals surface area contributed by atoms with E-state index in [1.54, 1.807) is 18.6 Å². The third kappa shape index (κ3) is 4.01. The summed E-state index contributed by atoms with van der Waals surface area (Å²) in [5, 5.41) is 4.11. The molecule has 8 nitrogen and oxygen atoms in total. The van der Waals surface area contributed by atoms with E-state index in [-0.39, 0.29) is 17.4 Å². The molecule has 0 radical (unpaired) electrons. The Morgan fingerprint density at radius 3 is 2.71 bits per heavy atom. The smallest absolute Gasteiger partial charge is 0.225 e. The standard InChI is InChI=1S/C20H27N5O3/c1-15(2)17-11-16(23-28-17)14-25-9-10-27-20(12-19(25)26)3-7-24(8-4-20)18-13-21-5-6-22-18/h5-6,11,13,15H,3-4,7-10,12,14H2,1-2H3. The molecule has 8 heteroatoms. The van der Waals surface area contributed by atoms with Crippen LogP contribution in [0.3, 0.4) is 0 Å². The molecule has 0 aromatic carbocycles. The number of carbonyl (C=O) groups is 1. The summed E-state index contributed by atoms with van der Waals surface area (Å²) in [6.07, 6.45) is 7.20. The van der Waals surface area contributed by atoms with Gasteiger partial charge in [0.2, 0.25) is 5.91 Å². The van der Waals surface area contributed by atoms with Crippen molar-refractivity contribution in [2.75, 3.05) is 31.1 Å². The highest BCUT2D eigenvalue weighted by molar-refractivity contribution is 5.77. The summed E-state index contributed by atoms with van der Waals surface area (Å²) >= 11 is 0. The molecule has 0 saturated carbocycles. The minimum atomic E-state index is -0.378. The van der Waals surface area contributed by atoms with Gasteiger partial charge in [0.05, 0.1) is 31.4 Å². The highest BCUT2D eigenvalue weighted by Gasteiger charge is 2.41. The first-order valence-corrected chi connectivity index (χ1v) is 9.93. The van der Waals surface area contributed by atoms with Gasteiger partial charge in [-0.2, -0.15) is 0 Å². The quantitative estimate of drug-likeness (QED) is 0.799. The third-order valence-corrected chi connectivity index (χ3v) is 5.64. The van der Waals surface area contributed by atoms with E-state index >= 15 is 0 Å². The number of ether oxygens (including phenoxy) is 1. The molecule has 2 aliphatic rings. The Kier molecular flexibility index (Phi) is 5.30. The molecule has 150 valence electrons. The Morgan fingerprint density at radius 2 is 2.04 bits per heavy atom. The lowest BCUT2D eigenvalue weighted by Gasteiger charge is -2.40. The second-order valence-corrected chi connectivity index (χ2v) is 7.95. The number of hydrogen-bond acceptors (Lipinski definition) is 7. The highest BCUT2D eigenvalue weighted by Crippen LogP contribution is 2.33. The molecule has 0 N–H and O–H groups in total. The zero-order valence-corrected chi connectivity index (χ0v) is 16.5. The van der Waals surface area contributed by atoms with Gasteiger partial charge < -0.3 is 19.1 Å². The predicted molar refractivity (Wildman–Crippen MR) is 103 cm³/mol. The first-order chi connectivity index (χ1) is 13.5. The topological polar surface area (TPSA) is 84.6 Å². The molecule has 2 fully saturated rings. The van der Waals surface area contributed by atoms with E-state index in [4.69, 9.17) is 9.26 Å². The number of carbonyl (C=O) groups excluding carboxylic acids is 1. The van der Waals surface area contributed by atoms with Gasteiger partial charge in [0.15, 0.2) is 0 Å². The second-order valence-electron chi connectivity index (χ2n) is 7.95. The number of anilines is 1. The number of piperidine rings is 1. The number of rotatable bonds is 4. The summed E-state index contributed by atoms with van der Waals surface area (Å²) in [7, 11) is 0. The van der Waals surface area contributed by atoms with Gasteiger partial charge in [0, 0.05) is 44.0 Å². The number of nitrogens with zero attached hydrogens (tertiary/aromatic N) is 5. The van der Waals surface area contributed by atoms with Gasteiger partial charge in [-0.3, -0.25) is 9.78 Å². The molecule has 2 aromatic heterocycles. The summed E-state index contributed by atoms with van der Waals surface area (Å²) in [5.74, 6) is 2.14. The van der Waals surface area contributed by atoms with Gasteiger partial charge >= 0.3 is 0 Å². The molecule has 0 atom stereocenters. The fourth-order valence-electron chi connectivity index (χ4n) is 3.89. The van der Waals surface area contributed by atoms with Crippen molar-refractivity contribution in [3.63, 3.8) is 0 Å². The Hall–Kier alpha value is -2.48. The van der Waals surface area contributed by atoms with Crippen LogP contribution in [-0.4, -0.2) is 57.8 Å². The maximum Gasteiger partial charge on any atom is 0.225 e. The lowest BCUT2D eigenvalue weighted by atomic mass is 9.87. The summed E-state index contributed by atoms with van der Waals surface area (Å²) in [4.78, 5) is 25.5. The maximum atomic E-state index is 12.9. The van der Waals surface area contributed by atoms with Crippen molar-refractivity contribution >= 4 is 11.7 Å². The van der Waals surface area contributed by atoms with Crippen LogP contribution in [0.2, 0.25) is 0 Å². The van der Waals surface area contributed by atoms with E-state index in [0.29, 0.717) is 26.1 Å². The van der Waals surface area contributed by atoms with Gasteiger partial charge in [-0.25, -0.2) is 4.98 Å². The monoisotopic (exact) mass is 385 g/mol. The van der Waals surface area contributed by atoms with Gasteiger partial charge in [-0.1, -0.05) is 19.0 Å². The average Bonchev–Trinajstić information content (AvgIpc) is 3.12. The Morgan fingerprint density at radius 1 is 1.21 bits per heavy atom. The SMILES string of the molecule is CC(C)c1cc(CN2CCOC3(CCN(c4cnccn4)CC3)CC2=O)no1. The molecular weight excluding hydrogens is 358 g/mol. The lowest BCUT2D eigenvalue weighted by Crippen LogP contribution is -2.47. The van der Waals surface area contributed by atoms with Crippen LogP contribution in [0.5, 0.6) is 0 Å². The maximum absolute atomic E-state index is 12.9. The van der Waals surface area contributed by atoms with E-state index in [1.165, 1.54) is 0 Å². The fourth-order valence-corrected chi connectivity index (χ4v) is 3.89. The van der Waals surface area contributed by atoms with Crippen LogP contribution >= 0.6 is 0 Å². The minimum absolute atomic E-state index is 0.125. The molecule has 0 bridgehead atoms. The second kappa shape index (κ2) is 7.87. The normalized spacial score (nSPS) is 20.0. The van der Waals surface area contributed by atoms with Crippen molar-refractivity contribution in [2.24, 2.45) is 0 Å². The third-order valence-electron chi connectivity index (χ3n) is 5.64. The average molecular weight is 385 g/mol. The van der Waals surface area contributed by atoms with Gasteiger partial charge in [0.25, 0.3) is 0 Å². The van der Waals surface area contributed by atoms with Crippen LogP contribution in [0.25, 0.3) is 0 Å².